The molecule has 0 aliphatic carbocycles. The molecule has 0 spiro atoms. The molecule has 0 aliphatic heterocycles. The Kier molecular flexibility index (Phi) is 5.31. The average Bonchev–Trinajstić information content (AvgIpc) is 3.07. The Morgan fingerprint density at radius 3 is 2.54 bits per heavy atom. The van der Waals surface area contributed by atoms with Crippen LogP contribution in [0.25, 0.3) is 11.1 Å². The van der Waals surface area contributed by atoms with E-state index in [1.54, 1.807) is 6.33 Å². The molecule has 0 aliphatic rings. The number of aromatic nitrogens is 3. The van der Waals surface area contributed by atoms with Crippen LogP contribution in [0.3, 0.4) is 0 Å². The van der Waals surface area contributed by atoms with Gasteiger partial charge in [0, 0.05) is 45.4 Å². The second-order valence-electron chi connectivity index (χ2n) is 6.39. The highest BCUT2D eigenvalue weighted by molar-refractivity contribution is 5.95. The summed E-state index contributed by atoms with van der Waals surface area (Å²) in [5.74, 6) is 0.761. The zero-order valence-electron chi connectivity index (χ0n) is 15.3. The Morgan fingerprint density at radius 2 is 1.85 bits per heavy atom. The van der Waals surface area contributed by atoms with Crippen molar-refractivity contribution < 1.29 is 4.79 Å². The highest BCUT2D eigenvalue weighted by Gasteiger charge is 2.08. The molecule has 2 aromatic carbocycles. The largest absolute Gasteiger partial charge is 0.378 e. The molecule has 26 heavy (non-hydrogen) atoms. The van der Waals surface area contributed by atoms with Crippen molar-refractivity contribution in [3.63, 3.8) is 0 Å². The van der Waals surface area contributed by atoms with Crippen molar-refractivity contribution in [3.05, 3.63) is 66.2 Å². The van der Waals surface area contributed by atoms with Crippen LogP contribution in [0, 0.1) is 0 Å². The van der Waals surface area contributed by atoms with Gasteiger partial charge in [-0.1, -0.05) is 24.3 Å². The summed E-state index contributed by atoms with van der Waals surface area (Å²) in [5.41, 5.74) is 3.89. The van der Waals surface area contributed by atoms with E-state index in [9.17, 15) is 4.79 Å². The summed E-state index contributed by atoms with van der Waals surface area (Å²) in [6.07, 6.45) is 2.30. The molecule has 6 nitrogen and oxygen atoms in total. The Morgan fingerprint density at radius 1 is 1.12 bits per heavy atom. The lowest BCUT2D eigenvalue weighted by Crippen LogP contribution is -2.26. The van der Waals surface area contributed by atoms with Gasteiger partial charge in [0.25, 0.3) is 5.91 Å². The van der Waals surface area contributed by atoms with Gasteiger partial charge in [-0.15, -0.1) is 10.2 Å². The molecular formula is C20H23N5O. The van der Waals surface area contributed by atoms with E-state index in [-0.39, 0.29) is 5.91 Å². The number of aryl methyl sites for hydroxylation is 1. The fraction of sp³-hybridized carbons (Fsp3) is 0.250. The second-order valence-corrected chi connectivity index (χ2v) is 6.39. The van der Waals surface area contributed by atoms with E-state index in [2.05, 4.69) is 38.6 Å². The Hall–Kier alpha value is -3.15. The molecule has 0 saturated carbocycles. The van der Waals surface area contributed by atoms with Gasteiger partial charge in [0.05, 0.1) is 0 Å². The molecule has 3 aromatic rings. The van der Waals surface area contributed by atoms with E-state index in [0.717, 1.165) is 22.6 Å². The molecule has 0 bridgehead atoms. The number of nitrogens with one attached hydrogen (secondary N) is 1. The van der Waals surface area contributed by atoms with E-state index in [1.807, 2.05) is 56.0 Å². The highest BCUT2D eigenvalue weighted by Crippen LogP contribution is 2.24. The molecule has 0 unspecified atom stereocenters. The fourth-order valence-electron chi connectivity index (χ4n) is 2.73. The number of hydrogen-bond donors (Lipinski definition) is 1. The topological polar surface area (TPSA) is 63.1 Å². The number of benzene rings is 2. The van der Waals surface area contributed by atoms with Crippen molar-refractivity contribution in [1.82, 2.24) is 20.1 Å². The third-order valence-electron chi connectivity index (χ3n) is 4.26. The summed E-state index contributed by atoms with van der Waals surface area (Å²) in [7, 11) is 5.92. The number of carbonyl (C=O) groups is 1. The molecule has 1 aromatic heterocycles. The van der Waals surface area contributed by atoms with Crippen molar-refractivity contribution in [1.29, 1.82) is 0 Å². The summed E-state index contributed by atoms with van der Waals surface area (Å²) >= 11 is 0. The van der Waals surface area contributed by atoms with E-state index >= 15 is 0 Å². The van der Waals surface area contributed by atoms with Gasteiger partial charge in [-0.05, 0) is 35.4 Å². The van der Waals surface area contributed by atoms with Crippen LogP contribution in [0.15, 0.2) is 54.9 Å². The monoisotopic (exact) mass is 349 g/mol. The summed E-state index contributed by atoms with van der Waals surface area (Å²) < 4.78 is 1.85. The molecule has 134 valence electrons. The first-order valence-electron chi connectivity index (χ1n) is 8.53. The smallest absolute Gasteiger partial charge is 0.251 e. The van der Waals surface area contributed by atoms with Crippen molar-refractivity contribution in [2.45, 2.75) is 6.42 Å². The van der Waals surface area contributed by atoms with Crippen LogP contribution in [0.4, 0.5) is 5.69 Å². The molecule has 0 saturated heterocycles. The van der Waals surface area contributed by atoms with Crippen molar-refractivity contribution >= 4 is 11.6 Å². The van der Waals surface area contributed by atoms with E-state index < -0.39 is 0 Å². The van der Waals surface area contributed by atoms with E-state index in [1.165, 1.54) is 0 Å². The molecule has 3 rings (SSSR count). The summed E-state index contributed by atoms with van der Waals surface area (Å²) in [4.78, 5) is 14.5. The van der Waals surface area contributed by atoms with Gasteiger partial charge in [-0.25, -0.2) is 0 Å². The predicted octanol–water partition coefficient (Wildman–Crippen LogP) is 2.52. The van der Waals surface area contributed by atoms with Gasteiger partial charge in [0.2, 0.25) is 0 Å². The lowest BCUT2D eigenvalue weighted by molar-refractivity contribution is 0.0954. The molecule has 0 radical (unpaired) electrons. The summed E-state index contributed by atoms with van der Waals surface area (Å²) in [5, 5.41) is 10.8. The zero-order chi connectivity index (χ0) is 18.5. The Labute approximate surface area is 153 Å². The van der Waals surface area contributed by atoms with Crippen LogP contribution in [0.5, 0.6) is 0 Å². The standard InChI is InChI=1S/C20H23N5O/c1-24(2)18-9-5-7-16(13-18)15-6-4-8-17(12-15)20(26)21-11-10-19-23-22-14-25(19)3/h4-9,12-14H,10-11H2,1-3H3,(H,21,26). The molecule has 1 heterocycles. The van der Waals surface area contributed by atoms with Gasteiger partial charge in [0.15, 0.2) is 0 Å². The van der Waals surface area contributed by atoms with Crippen LogP contribution >= 0.6 is 0 Å². The number of rotatable bonds is 6. The zero-order valence-corrected chi connectivity index (χ0v) is 15.3. The van der Waals surface area contributed by atoms with Gasteiger partial charge in [0.1, 0.15) is 12.2 Å². The van der Waals surface area contributed by atoms with Crippen LogP contribution in [-0.4, -0.2) is 41.3 Å². The minimum atomic E-state index is -0.0854. The molecule has 6 heteroatoms. The first-order valence-corrected chi connectivity index (χ1v) is 8.53. The van der Waals surface area contributed by atoms with Crippen LogP contribution in [0.2, 0.25) is 0 Å². The normalized spacial score (nSPS) is 10.6. The van der Waals surface area contributed by atoms with Gasteiger partial charge in [-0.3, -0.25) is 4.79 Å². The Balaban J connectivity index is 1.69. The molecule has 1 N–H and O–H groups in total. The number of hydrogen-bond acceptors (Lipinski definition) is 4. The van der Waals surface area contributed by atoms with Crippen molar-refractivity contribution in [2.24, 2.45) is 7.05 Å². The quantitative estimate of drug-likeness (QED) is 0.743. The minimum absolute atomic E-state index is 0.0854. The molecule has 1 amide bonds. The first kappa shape index (κ1) is 17.7. The van der Waals surface area contributed by atoms with Crippen molar-refractivity contribution in [3.8, 4) is 11.1 Å². The second kappa shape index (κ2) is 7.82. The van der Waals surface area contributed by atoms with Crippen LogP contribution < -0.4 is 10.2 Å². The number of anilines is 1. The number of carbonyl (C=O) groups excluding carboxylic acids is 1. The van der Waals surface area contributed by atoms with E-state index in [4.69, 9.17) is 0 Å². The van der Waals surface area contributed by atoms with Crippen LogP contribution in [-0.2, 0) is 13.5 Å². The first-order chi connectivity index (χ1) is 12.5. The third kappa shape index (κ3) is 4.08. The van der Waals surface area contributed by atoms with Gasteiger partial charge < -0.3 is 14.8 Å². The lowest BCUT2D eigenvalue weighted by Gasteiger charge is -2.14. The van der Waals surface area contributed by atoms with Gasteiger partial charge in [-0.2, -0.15) is 0 Å². The maximum absolute atomic E-state index is 12.5. The SMILES string of the molecule is CN(C)c1cccc(-c2cccc(C(=O)NCCc3nncn3C)c2)c1. The van der Waals surface area contributed by atoms with Crippen LogP contribution in [0.1, 0.15) is 16.2 Å². The predicted molar refractivity (Wildman–Crippen MR) is 103 cm³/mol. The lowest BCUT2D eigenvalue weighted by atomic mass is 10.0. The number of nitrogens with zero attached hydrogens (tertiary/aromatic N) is 4. The summed E-state index contributed by atoms with van der Waals surface area (Å²) in [6, 6.07) is 15.9. The Bertz CT molecular complexity index is 900. The molecule has 0 atom stereocenters. The maximum atomic E-state index is 12.5. The molecular weight excluding hydrogens is 326 g/mol. The number of amides is 1. The highest BCUT2D eigenvalue weighted by atomic mass is 16.1. The third-order valence-corrected chi connectivity index (χ3v) is 4.26. The minimum Gasteiger partial charge on any atom is -0.378 e. The van der Waals surface area contributed by atoms with Gasteiger partial charge >= 0.3 is 0 Å². The van der Waals surface area contributed by atoms with E-state index in [0.29, 0.717) is 18.5 Å². The molecule has 0 fully saturated rings. The summed E-state index contributed by atoms with van der Waals surface area (Å²) in [6.45, 7) is 0.520. The maximum Gasteiger partial charge on any atom is 0.251 e. The van der Waals surface area contributed by atoms with Crippen molar-refractivity contribution in [2.75, 3.05) is 25.5 Å². The average molecular weight is 349 g/mol. The fourth-order valence-corrected chi connectivity index (χ4v) is 2.73.